The quantitative estimate of drug-likeness (QED) is 0.271. The Balaban J connectivity index is 2.38. The highest BCUT2D eigenvalue weighted by Gasteiger charge is 1.99. The van der Waals surface area contributed by atoms with E-state index in [4.69, 9.17) is 11.6 Å². The molecule has 0 bridgehead atoms. The second-order valence-corrected chi connectivity index (χ2v) is 1.71. The summed E-state index contributed by atoms with van der Waals surface area (Å²) in [5, 5.41) is 2.97. The molecule has 0 radical (unpaired) electrons. The first kappa shape index (κ1) is 4.16. The molecular formula is C4H6ClN. The molecule has 0 aromatic carbocycles. The summed E-state index contributed by atoms with van der Waals surface area (Å²) >= 11 is 5.51. The highest BCUT2D eigenvalue weighted by Crippen LogP contribution is 1.96. The van der Waals surface area contributed by atoms with Crippen molar-refractivity contribution in [3.8, 4) is 0 Å². The van der Waals surface area contributed by atoms with Crippen LogP contribution >= 0.6 is 11.6 Å². The molecule has 0 aromatic heterocycles. The number of hydrogen-bond donors (Lipinski definition) is 1. The van der Waals surface area contributed by atoms with Crippen molar-refractivity contribution in [2.75, 3.05) is 6.54 Å². The number of rotatable bonds is 0. The molecule has 0 spiro atoms. The van der Waals surface area contributed by atoms with Gasteiger partial charge in [-0.15, -0.1) is 11.6 Å². The Morgan fingerprint density at radius 1 is 1.83 bits per heavy atom. The van der Waals surface area contributed by atoms with Crippen molar-refractivity contribution in [1.29, 1.82) is 0 Å². The lowest BCUT2D eigenvalue weighted by Gasteiger charge is -1.91. The molecular weight excluding hydrogens is 97.5 g/mol. The smallest absolute Gasteiger partial charge is 0.101 e. The van der Waals surface area contributed by atoms with Crippen LogP contribution in [0.15, 0.2) is 12.2 Å². The van der Waals surface area contributed by atoms with E-state index in [0.29, 0.717) is 0 Å². The van der Waals surface area contributed by atoms with E-state index in [0.717, 1.165) is 6.54 Å². The maximum absolute atomic E-state index is 5.51. The Morgan fingerprint density at radius 3 is 2.83 bits per heavy atom. The van der Waals surface area contributed by atoms with Gasteiger partial charge in [0.15, 0.2) is 0 Å². The lowest BCUT2D eigenvalue weighted by atomic mass is 10.6. The van der Waals surface area contributed by atoms with Crippen LogP contribution in [0.5, 0.6) is 0 Å². The third-order valence-corrected chi connectivity index (χ3v) is 1.04. The van der Waals surface area contributed by atoms with Crippen molar-refractivity contribution in [3.05, 3.63) is 12.2 Å². The molecule has 0 aromatic rings. The molecule has 1 unspecified atom stereocenters. The van der Waals surface area contributed by atoms with Crippen molar-refractivity contribution in [2.45, 2.75) is 5.50 Å². The van der Waals surface area contributed by atoms with Gasteiger partial charge < -0.3 is 0 Å². The van der Waals surface area contributed by atoms with Crippen molar-refractivity contribution >= 4 is 11.6 Å². The van der Waals surface area contributed by atoms with Gasteiger partial charge in [0.1, 0.15) is 5.50 Å². The van der Waals surface area contributed by atoms with Crippen LogP contribution in [0.1, 0.15) is 0 Å². The fraction of sp³-hybridized carbons (Fsp3) is 0.500. The summed E-state index contributed by atoms with van der Waals surface area (Å²) in [6, 6.07) is 0. The van der Waals surface area contributed by atoms with Crippen LogP contribution in [0.2, 0.25) is 0 Å². The molecule has 0 saturated carbocycles. The van der Waals surface area contributed by atoms with E-state index in [1.807, 2.05) is 12.2 Å². The van der Waals surface area contributed by atoms with E-state index >= 15 is 0 Å². The third kappa shape index (κ3) is 0.730. The summed E-state index contributed by atoms with van der Waals surface area (Å²) in [5.74, 6) is 0. The molecule has 1 aliphatic heterocycles. The molecule has 0 aliphatic carbocycles. The fourth-order valence-corrected chi connectivity index (χ4v) is 0.628. The predicted molar refractivity (Wildman–Crippen MR) is 26.8 cm³/mol. The normalized spacial score (nSPS) is 31.8. The monoisotopic (exact) mass is 103 g/mol. The van der Waals surface area contributed by atoms with Gasteiger partial charge >= 0.3 is 0 Å². The van der Waals surface area contributed by atoms with Gasteiger partial charge in [0, 0.05) is 6.54 Å². The molecule has 1 aliphatic rings. The highest BCUT2D eigenvalue weighted by molar-refractivity contribution is 6.21. The molecule has 0 fully saturated rings. The van der Waals surface area contributed by atoms with Gasteiger partial charge in [0.2, 0.25) is 0 Å². The Labute approximate surface area is 42.0 Å². The maximum atomic E-state index is 5.51. The van der Waals surface area contributed by atoms with Crippen molar-refractivity contribution in [2.24, 2.45) is 0 Å². The number of alkyl halides is 1. The Bertz CT molecular complexity index is 69.9. The van der Waals surface area contributed by atoms with Crippen LogP contribution in [0.4, 0.5) is 0 Å². The number of nitrogens with one attached hydrogen (secondary N) is 1. The molecule has 2 heteroatoms. The Hall–Kier alpha value is -0.0100. The van der Waals surface area contributed by atoms with Crippen LogP contribution in [0, 0.1) is 0 Å². The summed E-state index contributed by atoms with van der Waals surface area (Å²) in [6.07, 6.45) is 3.94. The second kappa shape index (κ2) is 1.63. The standard InChI is InChI=1S/C4H6ClN/c5-4-2-1-3-6-4/h1-2,4,6H,3H2. The average Bonchev–Trinajstić information content (AvgIpc) is 1.86. The first-order chi connectivity index (χ1) is 2.89. The number of hydrogen-bond acceptors (Lipinski definition) is 1. The zero-order valence-electron chi connectivity index (χ0n) is 3.32. The Morgan fingerprint density at radius 2 is 2.67 bits per heavy atom. The number of halogens is 1. The van der Waals surface area contributed by atoms with Crippen LogP contribution in [-0.4, -0.2) is 12.0 Å². The topological polar surface area (TPSA) is 12.0 Å². The van der Waals surface area contributed by atoms with E-state index in [9.17, 15) is 0 Å². The van der Waals surface area contributed by atoms with Gasteiger partial charge in [-0.05, 0) is 0 Å². The molecule has 1 nitrogen and oxygen atoms in total. The summed E-state index contributed by atoms with van der Waals surface area (Å²) in [7, 11) is 0. The molecule has 0 saturated heterocycles. The van der Waals surface area contributed by atoms with E-state index < -0.39 is 0 Å². The first-order valence-electron chi connectivity index (χ1n) is 1.94. The molecule has 6 heavy (non-hydrogen) atoms. The minimum Gasteiger partial charge on any atom is -0.295 e. The van der Waals surface area contributed by atoms with Crippen molar-refractivity contribution in [3.63, 3.8) is 0 Å². The van der Waals surface area contributed by atoms with Crippen LogP contribution in [0.3, 0.4) is 0 Å². The molecule has 1 N–H and O–H groups in total. The Kier molecular flexibility index (Phi) is 1.13. The summed E-state index contributed by atoms with van der Waals surface area (Å²) in [4.78, 5) is 0. The third-order valence-electron chi connectivity index (χ3n) is 0.736. The molecule has 34 valence electrons. The average molecular weight is 104 g/mol. The van der Waals surface area contributed by atoms with Gasteiger partial charge in [0.25, 0.3) is 0 Å². The highest BCUT2D eigenvalue weighted by atomic mass is 35.5. The lowest BCUT2D eigenvalue weighted by molar-refractivity contribution is 0.839. The maximum Gasteiger partial charge on any atom is 0.101 e. The zero-order valence-corrected chi connectivity index (χ0v) is 4.07. The second-order valence-electron chi connectivity index (χ2n) is 1.24. The summed E-state index contributed by atoms with van der Waals surface area (Å²) in [6.45, 7) is 0.925. The summed E-state index contributed by atoms with van der Waals surface area (Å²) < 4.78 is 0. The van der Waals surface area contributed by atoms with Gasteiger partial charge in [-0.2, -0.15) is 0 Å². The lowest BCUT2D eigenvalue weighted by Crippen LogP contribution is -2.14. The molecule has 1 atom stereocenters. The SMILES string of the molecule is ClC1C=CCN1. The fourth-order valence-electron chi connectivity index (χ4n) is 0.436. The van der Waals surface area contributed by atoms with E-state index in [1.54, 1.807) is 0 Å². The van der Waals surface area contributed by atoms with E-state index in [1.165, 1.54) is 0 Å². The summed E-state index contributed by atoms with van der Waals surface area (Å²) in [5.41, 5.74) is 0.0880. The van der Waals surface area contributed by atoms with Crippen molar-refractivity contribution < 1.29 is 0 Å². The van der Waals surface area contributed by atoms with Gasteiger partial charge in [-0.3, -0.25) is 5.32 Å². The molecule has 1 heterocycles. The minimum atomic E-state index is 0.0880. The minimum absolute atomic E-state index is 0.0880. The van der Waals surface area contributed by atoms with Gasteiger partial charge in [0.05, 0.1) is 0 Å². The van der Waals surface area contributed by atoms with Crippen LogP contribution < -0.4 is 5.32 Å². The van der Waals surface area contributed by atoms with E-state index in [2.05, 4.69) is 5.32 Å². The van der Waals surface area contributed by atoms with Gasteiger partial charge in [-0.1, -0.05) is 12.2 Å². The molecule has 1 rings (SSSR count). The first-order valence-corrected chi connectivity index (χ1v) is 2.37. The van der Waals surface area contributed by atoms with Crippen LogP contribution in [-0.2, 0) is 0 Å². The molecule has 0 amide bonds. The van der Waals surface area contributed by atoms with Crippen molar-refractivity contribution in [1.82, 2.24) is 5.32 Å². The van der Waals surface area contributed by atoms with Gasteiger partial charge in [-0.25, -0.2) is 0 Å². The van der Waals surface area contributed by atoms with Crippen LogP contribution in [0.25, 0.3) is 0 Å². The van der Waals surface area contributed by atoms with E-state index in [-0.39, 0.29) is 5.50 Å². The zero-order chi connectivity index (χ0) is 4.41. The largest absolute Gasteiger partial charge is 0.295 e. The predicted octanol–water partition coefficient (Wildman–Crippen LogP) is 0.711.